The minimum Gasteiger partial charge on any atom is -0.508 e. The molecule has 0 saturated heterocycles. The Morgan fingerprint density at radius 3 is 2.41 bits per heavy atom. The molecule has 0 aliphatic carbocycles. The van der Waals surface area contributed by atoms with Crippen LogP contribution in [0.3, 0.4) is 0 Å². The number of carbonyl (C=O) groups is 1. The van der Waals surface area contributed by atoms with Crippen molar-refractivity contribution in [3.8, 4) is 11.5 Å². The normalized spacial score (nSPS) is 11.5. The number of allylic oxidation sites excluding steroid dienone is 4. The molecule has 5 nitrogen and oxygen atoms in total. The summed E-state index contributed by atoms with van der Waals surface area (Å²) in [6, 6.07) is 3.66. The monoisotopic (exact) mass is 302 g/mol. The lowest BCUT2D eigenvalue weighted by molar-refractivity contribution is 0.0954. The van der Waals surface area contributed by atoms with E-state index in [0.717, 1.165) is 24.5 Å². The van der Waals surface area contributed by atoms with E-state index in [-0.39, 0.29) is 17.1 Å². The molecule has 0 unspecified atom stereocenters. The van der Waals surface area contributed by atoms with Crippen molar-refractivity contribution in [2.75, 3.05) is 0 Å². The average Bonchev–Trinajstić information content (AvgIpc) is 2.41. The van der Waals surface area contributed by atoms with Crippen molar-refractivity contribution in [1.82, 2.24) is 5.43 Å². The zero-order chi connectivity index (χ0) is 16.5. The highest BCUT2D eigenvalue weighted by Crippen LogP contribution is 2.20. The Hall–Kier alpha value is -2.56. The minimum atomic E-state index is -0.502. The van der Waals surface area contributed by atoms with Gasteiger partial charge in [-0.3, -0.25) is 4.79 Å². The van der Waals surface area contributed by atoms with E-state index >= 15 is 0 Å². The summed E-state index contributed by atoms with van der Waals surface area (Å²) in [5, 5.41) is 22.4. The number of benzene rings is 1. The number of phenols is 2. The van der Waals surface area contributed by atoms with Crippen molar-refractivity contribution >= 4 is 12.1 Å². The Labute approximate surface area is 130 Å². The number of phenolic OH excluding ortho intramolecular Hbond substituents is 2. The number of nitrogens with zero attached hydrogens (tertiary/aromatic N) is 1. The summed E-state index contributed by atoms with van der Waals surface area (Å²) in [7, 11) is 0. The summed E-state index contributed by atoms with van der Waals surface area (Å²) < 4.78 is 0. The molecule has 5 heteroatoms. The van der Waals surface area contributed by atoms with Crippen molar-refractivity contribution in [1.29, 1.82) is 0 Å². The third-order valence-corrected chi connectivity index (χ3v) is 2.86. The van der Waals surface area contributed by atoms with E-state index in [1.807, 2.05) is 13.0 Å². The molecule has 0 bridgehead atoms. The molecule has 1 rings (SSSR count). The number of hydrazone groups is 1. The Morgan fingerprint density at radius 2 is 1.82 bits per heavy atom. The SMILES string of the molecule is CC(C)=CCCC(C)=CC=NNC(=O)c1cc(O)cc(O)c1. The molecule has 3 N–H and O–H groups in total. The van der Waals surface area contributed by atoms with Gasteiger partial charge in [0.2, 0.25) is 0 Å². The molecule has 1 amide bonds. The molecule has 0 radical (unpaired) electrons. The number of hydrogen-bond donors (Lipinski definition) is 3. The van der Waals surface area contributed by atoms with E-state index in [0.29, 0.717) is 0 Å². The topological polar surface area (TPSA) is 81.9 Å². The van der Waals surface area contributed by atoms with Crippen molar-refractivity contribution in [3.05, 3.63) is 47.1 Å². The Kier molecular flexibility index (Phi) is 6.89. The molecule has 0 aliphatic rings. The first-order valence-corrected chi connectivity index (χ1v) is 7.04. The van der Waals surface area contributed by atoms with Crippen LogP contribution in [-0.4, -0.2) is 22.3 Å². The molecule has 1 aromatic carbocycles. The first kappa shape index (κ1) is 17.5. The van der Waals surface area contributed by atoms with Gasteiger partial charge in [-0.1, -0.05) is 17.2 Å². The summed E-state index contributed by atoms with van der Waals surface area (Å²) in [6.45, 7) is 6.13. The highest BCUT2D eigenvalue weighted by atomic mass is 16.3. The summed E-state index contributed by atoms with van der Waals surface area (Å²) in [4.78, 5) is 11.8. The van der Waals surface area contributed by atoms with E-state index in [2.05, 4.69) is 30.5 Å². The van der Waals surface area contributed by atoms with Gasteiger partial charge in [0.1, 0.15) is 11.5 Å². The van der Waals surface area contributed by atoms with Crippen LogP contribution in [0.1, 0.15) is 44.0 Å². The molecule has 0 heterocycles. The van der Waals surface area contributed by atoms with Crippen LogP contribution in [0.4, 0.5) is 0 Å². The van der Waals surface area contributed by atoms with Gasteiger partial charge in [0, 0.05) is 17.8 Å². The summed E-state index contributed by atoms with van der Waals surface area (Å²) in [5.74, 6) is -0.855. The van der Waals surface area contributed by atoms with Crippen LogP contribution < -0.4 is 5.43 Å². The van der Waals surface area contributed by atoms with Gasteiger partial charge < -0.3 is 10.2 Å². The largest absolute Gasteiger partial charge is 0.508 e. The predicted octanol–water partition coefficient (Wildman–Crippen LogP) is 3.51. The molecular weight excluding hydrogens is 280 g/mol. The lowest BCUT2D eigenvalue weighted by Gasteiger charge is -2.01. The maximum atomic E-state index is 11.8. The molecular formula is C17H22N2O3. The number of amides is 1. The molecule has 0 fully saturated rings. The second kappa shape index (κ2) is 8.67. The fourth-order valence-corrected chi connectivity index (χ4v) is 1.72. The number of hydrogen-bond acceptors (Lipinski definition) is 4. The highest BCUT2D eigenvalue weighted by Gasteiger charge is 2.07. The third-order valence-electron chi connectivity index (χ3n) is 2.86. The first-order valence-electron chi connectivity index (χ1n) is 7.04. The lowest BCUT2D eigenvalue weighted by Crippen LogP contribution is -2.17. The van der Waals surface area contributed by atoms with Gasteiger partial charge in [0.05, 0.1) is 0 Å². The van der Waals surface area contributed by atoms with Gasteiger partial charge in [-0.15, -0.1) is 0 Å². The van der Waals surface area contributed by atoms with Crippen LogP contribution in [0.25, 0.3) is 0 Å². The third kappa shape index (κ3) is 6.74. The van der Waals surface area contributed by atoms with Crippen molar-refractivity contribution in [2.45, 2.75) is 33.6 Å². The zero-order valence-corrected chi connectivity index (χ0v) is 13.1. The summed E-state index contributed by atoms with van der Waals surface area (Å²) in [6.07, 6.45) is 7.43. The summed E-state index contributed by atoms with van der Waals surface area (Å²) in [5.41, 5.74) is 4.93. The van der Waals surface area contributed by atoms with Gasteiger partial charge in [-0.05, 0) is 51.8 Å². The molecule has 0 spiro atoms. The molecule has 22 heavy (non-hydrogen) atoms. The fourth-order valence-electron chi connectivity index (χ4n) is 1.72. The molecule has 1 aromatic rings. The zero-order valence-electron chi connectivity index (χ0n) is 13.1. The molecule has 0 saturated carbocycles. The van der Waals surface area contributed by atoms with E-state index in [9.17, 15) is 15.0 Å². The van der Waals surface area contributed by atoms with E-state index in [1.54, 1.807) is 0 Å². The Bertz CT molecular complexity index is 592. The van der Waals surface area contributed by atoms with Gasteiger partial charge in [0.25, 0.3) is 5.91 Å². The Morgan fingerprint density at radius 1 is 1.18 bits per heavy atom. The van der Waals surface area contributed by atoms with Gasteiger partial charge in [0.15, 0.2) is 0 Å². The van der Waals surface area contributed by atoms with Crippen LogP contribution >= 0.6 is 0 Å². The van der Waals surface area contributed by atoms with E-state index in [1.165, 1.54) is 23.9 Å². The first-order chi connectivity index (χ1) is 10.4. The van der Waals surface area contributed by atoms with Crippen molar-refractivity contribution in [2.24, 2.45) is 5.10 Å². The maximum absolute atomic E-state index is 11.8. The van der Waals surface area contributed by atoms with E-state index in [4.69, 9.17) is 0 Å². The quantitative estimate of drug-likeness (QED) is 0.427. The van der Waals surface area contributed by atoms with Crippen molar-refractivity contribution < 1.29 is 15.0 Å². The van der Waals surface area contributed by atoms with Crippen molar-refractivity contribution in [3.63, 3.8) is 0 Å². The van der Waals surface area contributed by atoms with E-state index < -0.39 is 5.91 Å². The lowest BCUT2D eigenvalue weighted by atomic mass is 10.1. The average molecular weight is 302 g/mol. The van der Waals surface area contributed by atoms with Gasteiger partial charge in [-0.2, -0.15) is 5.10 Å². The molecule has 118 valence electrons. The number of aromatic hydroxyl groups is 2. The number of rotatable bonds is 6. The van der Waals surface area contributed by atoms with Crippen LogP contribution in [0, 0.1) is 0 Å². The number of carbonyl (C=O) groups excluding carboxylic acids is 1. The molecule has 0 aliphatic heterocycles. The van der Waals surface area contributed by atoms with Crippen LogP contribution in [0.15, 0.2) is 46.6 Å². The van der Waals surface area contributed by atoms with Crippen LogP contribution in [0.2, 0.25) is 0 Å². The standard InChI is InChI=1S/C17H22N2O3/c1-12(2)5-4-6-13(3)7-8-18-19-17(22)14-9-15(20)11-16(21)10-14/h5,7-11,20-21H,4,6H2,1-3H3,(H,19,22). The summed E-state index contributed by atoms with van der Waals surface area (Å²) >= 11 is 0. The van der Waals surface area contributed by atoms with Crippen LogP contribution in [-0.2, 0) is 0 Å². The van der Waals surface area contributed by atoms with Gasteiger partial charge in [-0.25, -0.2) is 5.43 Å². The van der Waals surface area contributed by atoms with Gasteiger partial charge >= 0.3 is 0 Å². The Balaban J connectivity index is 2.51. The smallest absolute Gasteiger partial charge is 0.271 e. The second-order valence-electron chi connectivity index (χ2n) is 5.29. The molecule has 0 aromatic heterocycles. The fraction of sp³-hybridized carbons (Fsp3) is 0.294. The highest BCUT2D eigenvalue weighted by molar-refractivity contribution is 5.95. The van der Waals surface area contributed by atoms with Crippen LogP contribution in [0.5, 0.6) is 11.5 Å². The minimum absolute atomic E-state index is 0.138. The second-order valence-corrected chi connectivity index (χ2v) is 5.29. The maximum Gasteiger partial charge on any atom is 0.271 e. The predicted molar refractivity (Wildman–Crippen MR) is 88.2 cm³/mol. The molecule has 0 atom stereocenters. The number of nitrogens with one attached hydrogen (secondary N) is 1.